The Bertz CT molecular complexity index is 385. The SMILES string of the molecule is COc1ccc(OCCCCC(N)=S)c(Br)c1. The van der Waals surface area contributed by atoms with Crippen LogP contribution in [0.4, 0.5) is 0 Å². The standard InChI is InChI=1S/C12H16BrNO2S/c1-15-9-5-6-11(10(13)8-9)16-7-3-2-4-12(14)17/h5-6,8H,2-4,7H2,1H3,(H2,14,17). The highest BCUT2D eigenvalue weighted by Crippen LogP contribution is 2.29. The van der Waals surface area contributed by atoms with Crippen molar-refractivity contribution in [2.24, 2.45) is 5.73 Å². The lowest BCUT2D eigenvalue weighted by Crippen LogP contribution is -2.08. The van der Waals surface area contributed by atoms with E-state index in [4.69, 9.17) is 27.4 Å². The minimum atomic E-state index is 0.565. The minimum Gasteiger partial charge on any atom is -0.497 e. The summed E-state index contributed by atoms with van der Waals surface area (Å²) in [6, 6.07) is 5.63. The fourth-order valence-corrected chi connectivity index (χ4v) is 1.93. The van der Waals surface area contributed by atoms with E-state index in [2.05, 4.69) is 15.9 Å². The van der Waals surface area contributed by atoms with Crippen LogP contribution in [-0.2, 0) is 0 Å². The van der Waals surface area contributed by atoms with Crippen LogP contribution in [-0.4, -0.2) is 18.7 Å². The zero-order chi connectivity index (χ0) is 12.7. The molecular weight excluding hydrogens is 302 g/mol. The van der Waals surface area contributed by atoms with Gasteiger partial charge in [0.15, 0.2) is 0 Å². The fourth-order valence-electron chi connectivity index (χ4n) is 1.31. The first kappa shape index (κ1) is 14.3. The van der Waals surface area contributed by atoms with Crippen molar-refractivity contribution < 1.29 is 9.47 Å². The molecule has 0 atom stereocenters. The Balaban J connectivity index is 2.34. The van der Waals surface area contributed by atoms with Crippen molar-refractivity contribution in [3.05, 3.63) is 22.7 Å². The molecule has 0 heterocycles. The van der Waals surface area contributed by atoms with Gasteiger partial charge in [0.1, 0.15) is 11.5 Å². The van der Waals surface area contributed by atoms with E-state index >= 15 is 0 Å². The molecule has 0 bridgehead atoms. The molecule has 0 radical (unpaired) electrons. The Hall–Kier alpha value is -0.810. The molecule has 0 aromatic heterocycles. The van der Waals surface area contributed by atoms with Crippen molar-refractivity contribution in [2.75, 3.05) is 13.7 Å². The zero-order valence-corrected chi connectivity index (χ0v) is 12.1. The molecule has 0 fully saturated rings. The van der Waals surface area contributed by atoms with Crippen molar-refractivity contribution in [3.8, 4) is 11.5 Å². The predicted molar refractivity (Wildman–Crippen MR) is 76.8 cm³/mol. The van der Waals surface area contributed by atoms with E-state index in [-0.39, 0.29) is 0 Å². The minimum absolute atomic E-state index is 0.565. The Morgan fingerprint density at radius 1 is 1.41 bits per heavy atom. The molecule has 0 aliphatic rings. The highest BCUT2D eigenvalue weighted by molar-refractivity contribution is 9.10. The lowest BCUT2D eigenvalue weighted by Gasteiger charge is -2.09. The molecule has 2 N–H and O–H groups in total. The van der Waals surface area contributed by atoms with Gasteiger partial charge in [0, 0.05) is 0 Å². The van der Waals surface area contributed by atoms with Gasteiger partial charge in [-0.1, -0.05) is 12.2 Å². The molecule has 0 amide bonds. The molecule has 0 saturated carbocycles. The molecule has 0 aliphatic heterocycles. The summed E-state index contributed by atoms with van der Waals surface area (Å²) >= 11 is 8.24. The molecule has 94 valence electrons. The van der Waals surface area contributed by atoms with Crippen molar-refractivity contribution in [2.45, 2.75) is 19.3 Å². The van der Waals surface area contributed by atoms with Crippen molar-refractivity contribution in [1.82, 2.24) is 0 Å². The van der Waals surface area contributed by atoms with Gasteiger partial charge in [0.25, 0.3) is 0 Å². The van der Waals surface area contributed by atoms with Gasteiger partial charge in [-0.25, -0.2) is 0 Å². The van der Waals surface area contributed by atoms with Gasteiger partial charge in [-0.15, -0.1) is 0 Å². The lowest BCUT2D eigenvalue weighted by atomic mass is 10.2. The molecule has 0 aliphatic carbocycles. The Morgan fingerprint density at radius 3 is 2.76 bits per heavy atom. The maximum Gasteiger partial charge on any atom is 0.133 e. The lowest BCUT2D eigenvalue weighted by molar-refractivity contribution is 0.305. The third-order valence-electron chi connectivity index (χ3n) is 2.21. The van der Waals surface area contributed by atoms with Crippen LogP contribution in [0.1, 0.15) is 19.3 Å². The average molecular weight is 318 g/mol. The highest BCUT2D eigenvalue weighted by atomic mass is 79.9. The zero-order valence-electron chi connectivity index (χ0n) is 9.74. The van der Waals surface area contributed by atoms with Gasteiger partial charge >= 0.3 is 0 Å². The van der Waals surface area contributed by atoms with Crippen molar-refractivity contribution in [1.29, 1.82) is 0 Å². The first-order valence-corrected chi connectivity index (χ1v) is 6.58. The quantitative estimate of drug-likeness (QED) is 0.619. The van der Waals surface area contributed by atoms with Gasteiger partial charge in [0.2, 0.25) is 0 Å². The number of hydrogen-bond donors (Lipinski definition) is 1. The Labute approximate surface area is 115 Å². The Morgan fingerprint density at radius 2 is 2.18 bits per heavy atom. The van der Waals surface area contributed by atoms with E-state index in [9.17, 15) is 0 Å². The summed E-state index contributed by atoms with van der Waals surface area (Å²) < 4.78 is 11.6. The van der Waals surface area contributed by atoms with E-state index < -0.39 is 0 Å². The summed E-state index contributed by atoms with van der Waals surface area (Å²) in [5.41, 5.74) is 5.41. The largest absolute Gasteiger partial charge is 0.497 e. The van der Waals surface area contributed by atoms with Gasteiger partial charge < -0.3 is 15.2 Å². The number of hydrogen-bond acceptors (Lipinski definition) is 3. The molecule has 3 nitrogen and oxygen atoms in total. The molecular formula is C12H16BrNO2S. The van der Waals surface area contributed by atoms with Crippen LogP contribution < -0.4 is 15.2 Å². The number of rotatable bonds is 7. The molecule has 1 aromatic rings. The Kier molecular flexibility index (Phi) is 6.29. The molecule has 0 spiro atoms. The summed E-state index contributed by atoms with van der Waals surface area (Å²) in [5.74, 6) is 1.62. The van der Waals surface area contributed by atoms with E-state index in [1.165, 1.54) is 0 Å². The molecule has 0 unspecified atom stereocenters. The smallest absolute Gasteiger partial charge is 0.133 e. The second kappa shape index (κ2) is 7.50. The third-order valence-corrected chi connectivity index (χ3v) is 3.04. The molecule has 0 saturated heterocycles. The topological polar surface area (TPSA) is 44.5 Å². The van der Waals surface area contributed by atoms with E-state index in [0.29, 0.717) is 11.6 Å². The highest BCUT2D eigenvalue weighted by Gasteiger charge is 2.02. The molecule has 5 heteroatoms. The van der Waals surface area contributed by atoms with Gasteiger partial charge in [-0.3, -0.25) is 0 Å². The average Bonchev–Trinajstić information content (AvgIpc) is 2.30. The summed E-state index contributed by atoms with van der Waals surface area (Å²) in [4.78, 5) is 0.565. The van der Waals surface area contributed by atoms with Gasteiger partial charge in [0.05, 0.1) is 23.2 Å². The summed E-state index contributed by atoms with van der Waals surface area (Å²) in [5, 5.41) is 0. The van der Waals surface area contributed by atoms with Crippen LogP contribution >= 0.6 is 28.1 Å². The van der Waals surface area contributed by atoms with Gasteiger partial charge in [-0.2, -0.15) is 0 Å². The van der Waals surface area contributed by atoms with Crippen LogP contribution in [0.2, 0.25) is 0 Å². The van der Waals surface area contributed by atoms with Crippen molar-refractivity contribution in [3.63, 3.8) is 0 Å². The van der Waals surface area contributed by atoms with E-state index in [0.717, 1.165) is 35.2 Å². The molecule has 1 rings (SSSR count). The first-order chi connectivity index (χ1) is 8.13. The third kappa shape index (κ3) is 5.37. The maximum atomic E-state index is 5.63. The first-order valence-electron chi connectivity index (χ1n) is 5.38. The number of benzene rings is 1. The summed E-state index contributed by atoms with van der Waals surface area (Å²) in [6.45, 7) is 0.660. The maximum absolute atomic E-state index is 5.63. The molecule has 1 aromatic carbocycles. The van der Waals surface area contributed by atoms with E-state index in [1.807, 2.05) is 18.2 Å². The summed E-state index contributed by atoms with van der Waals surface area (Å²) in [7, 11) is 1.64. The van der Waals surface area contributed by atoms with Crippen LogP contribution in [0.3, 0.4) is 0 Å². The van der Waals surface area contributed by atoms with Crippen LogP contribution in [0.25, 0.3) is 0 Å². The monoisotopic (exact) mass is 317 g/mol. The van der Waals surface area contributed by atoms with Gasteiger partial charge in [-0.05, 0) is 53.4 Å². The second-order valence-corrected chi connectivity index (χ2v) is 4.95. The van der Waals surface area contributed by atoms with E-state index in [1.54, 1.807) is 7.11 Å². The number of halogens is 1. The summed E-state index contributed by atoms with van der Waals surface area (Å²) in [6.07, 6.45) is 2.68. The van der Waals surface area contributed by atoms with Crippen LogP contribution in [0.5, 0.6) is 11.5 Å². The number of unbranched alkanes of at least 4 members (excludes halogenated alkanes) is 1. The number of ether oxygens (including phenoxy) is 2. The number of methoxy groups -OCH3 is 1. The number of nitrogens with two attached hydrogens (primary N) is 1. The predicted octanol–water partition coefficient (Wildman–Crippen LogP) is 3.29. The van der Waals surface area contributed by atoms with Crippen LogP contribution in [0.15, 0.2) is 22.7 Å². The second-order valence-electron chi connectivity index (χ2n) is 3.57. The molecule has 17 heavy (non-hydrogen) atoms. The number of thiocarbonyl (C=S) groups is 1. The van der Waals surface area contributed by atoms with Crippen molar-refractivity contribution >= 4 is 33.1 Å². The van der Waals surface area contributed by atoms with Crippen LogP contribution in [0, 0.1) is 0 Å². The normalized spacial score (nSPS) is 10.0. The fraction of sp³-hybridized carbons (Fsp3) is 0.417.